The van der Waals surface area contributed by atoms with Gasteiger partial charge in [0.25, 0.3) is 0 Å². The first kappa shape index (κ1) is 49.4. The van der Waals surface area contributed by atoms with Crippen molar-refractivity contribution in [2.75, 3.05) is 40.0 Å². The minimum absolute atomic E-state index is 0.0411. The predicted molar refractivity (Wildman–Crippen MR) is 259 cm³/mol. The Balaban J connectivity index is 0.000000196. The van der Waals surface area contributed by atoms with Crippen LogP contribution in [0.5, 0.6) is 0 Å². The largest absolute Gasteiger partial charge is 0.449 e. The van der Waals surface area contributed by atoms with Crippen LogP contribution in [-0.2, 0) is 23.8 Å². The average Bonchev–Trinajstić information content (AvgIpc) is 3.78. The van der Waals surface area contributed by atoms with E-state index in [9.17, 15) is 19.2 Å². The van der Waals surface area contributed by atoms with Crippen LogP contribution in [0.3, 0.4) is 0 Å². The third-order valence-corrected chi connectivity index (χ3v) is 15.0. The summed E-state index contributed by atoms with van der Waals surface area (Å²) in [7, 11) is 1.54. The number of carbonyl (C=O) groups excluding carboxylic acids is 4. The monoisotopic (exact) mass is 978 g/mol. The topological polar surface area (TPSA) is 144 Å². The smallest absolute Gasteiger partial charge is 0.408 e. The summed E-state index contributed by atoms with van der Waals surface area (Å²) < 4.78 is 15.6. The molecule has 4 aliphatic rings. The average molecular weight is 981 g/mol. The third-order valence-electron chi connectivity index (χ3n) is 13.8. The summed E-state index contributed by atoms with van der Waals surface area (Å²) in [5, 5.41) is 14.6. The number of amides is 4. The van der Waals surface area contributed by atoms with E-state index >= 15 is 0 Å². The third kappa shape index (κ3) is 10.5. The fourth-order valence-corrected chi connectivity index (χ4v) is 11.7. The van der Waals surface area contributed by atoms with E-state index in [2.05, 4.69) is 45.5 Å². The quantitative estimate of drug-likeness (QED) is 0.110. The Hall–Kier alpha value is -4.52. The fourth-order valence-electron chi connectivity index (χ4n) is 10.7. The zero-order chi connectivity index (χ0) is 47.3. The van der Waals surface area contributed by atoms with Gasteiger partial charge in [0, 0.05) is 52.1 Å². The SMILES string of the molecule is COCCOC(=O)N[C@@]12CC[C@@H](c3ccc(C)cc3Cl)[C@H](c3ccc(Cl)cc3)[C@@H]1CNC2=O.Cc1ccc([C@@H]2CC[C@@]3(NC(=O)OCC(C)C)C(=O)NC[C@H]3[C@H]2c2ccc(Cl)cc2)c(Cl)c1. The van der Waals surface area contributed by atoms with Crippen LogP contribution in [0.15, 0.2) is 84.9 Å². The van der Waals surface area contributed by atoms with E-state index in [0.29, 0.717) is 55.4 Å². The van der Waals surface area contributed by atoms with Crippen molar-refractivity contribution in [3.63, 3.8) is 0 Å². The first-order valence-electron chi connectivity index (χ1n) is 22.5. The number of aryl methyl sites for hydroxylation is 2. The number of halogens is 4. The number of alkyl carbamates (subject to hydrolysis) is 2. The number of nitrogens with one attached hydrogen (secondary N) is 4. The molecular weight excluding hydrogens is 922 g/mol. The minimum atomic E-state index is -1.05. The number of carbonyl (C=O) groups is 4. The Bertz CT molecular complexity index is 2400. The normalized spacial score (nSPS) is 26.5. The maximum atomic E-state index is 13.2. The van der Waals surface area contributed by atoms with Gasteiger partial charge in [-0.3, -0.25) is 9.59 Å². The standard InChI is InChI=1S/C26H30Cl2N2O3.C25H28Cl2N2O4/c1-15(2)14-33-25(32)30-26-11-10-20(19-9-4-16(3)12-22(19)28)23(21(26)13-29-24(26)31)17-5-7-18(27)8-6-17;1-15-3-8-18(21(27)13-15)19-9-10-25(29-24(31)33-12-11-32-2)20(14-28-23(25)30)22(19)16-4-6-17(26)7-5-16/h4-9,12,15,20-21,23H,10-11,13-14H2,1-3H3,(H,29,31)(H,30,32);3-8,13,19-20,22H,9-12,14H2,1-2H3,(H,28,30)(H,29,31)/t20-,21-,23-,26-;19-,20-,22-,25-/m00/s1. The van der Waals surface area contributed by atoms with Gasteiger partial charge in [0.15, 0.2) is 0 Å². The second-order valence-electron chi connectivity index (χ2n) is 18.4. The molecule has 4 amide bonds. The molecule has 4 N–H and O–H groups in total. The van der Waals surface area contributed by atoms with Gasteiger partial charge in [-0.1, -0.05) is 109 Å². The molecule has 4 fully saturated rings. The van der Waals surface area contributed by atoms with E-state index < -0.39 is 23.3 Å². The Morgan fingerprint density at radius 1 is 0.652 bits per heavy atom. The fraction of sp³-hybridized carbons (Fsp3) is 0.451. The summed E-state index contributed by atoms with van der Waals surface area (Å²) >= 11 is 25.7. The van der Waals surface area contributed by atoms with Crippen molar-refractivity contribution in [1.29, 1.82) is 0 Å². The van der Waals surface area contributed by atoms with Gasteiger partial charge in [0.2, 0.25) is 11.8 Å². The van der Waals surface area contributed by atoms with Crippen molar-refractivity contribution in [1.82, 2.24) is 21.3 Å². The van der Waals surface area contributed by atoms with Crippen LogP contribution < -0.4 is 21.3 Å². The lowest BCUT2D eigenvalue weighted by molar-refractivity contribution is -0.127. The van der Waals surface area contributed by atoms with Gasteiger partial charge in [-0.25, -0.2) is 9.59 Å². The first-order valence-corrected chi connectivity index (χ1v) is 24.1. The van der Waals surface area contributed by atoms with Gasteiger partial charge in [-0.2, -0.15) is 0 Å². The predicted octanol–water partition coefficient (Wildman–Crippen LogP) is 10.7. The van der Waals surface area contributed by atoms with E-state index in [0.717, 1.165) is 43.4 Å². The van der Waals surface area contributed by atoms with Crippen molar-refractivity contribution in [3.8, 4) is 0 Å². The van der Waals surface area contributed by atoms with Crippen LogP contribution in [-0.4, -0.2) is 75.1 Å². The molecule has 2 saturated carbocycles. The highest BCUT2D eigenvalue weighted by Gasteiger charge is 2.60. The lowest BCUT2D eigenvalue weighted by Gasteiger charge is -2.46. The Kier molecular flexibility index (Phi) is 15.9. The lowest BCUT2D eigenvalue weighted by atomic mass is 9.60. The molecule has 4 aromatic rings. The molecule has 8 atom stereocenters. The summed E-state index contributed by atoms with van der Waals surface area (Å²) in [5.74, 6) is -0.385. The van der Waals surface area contributed by atoms with Gasteiger partial charge >= 0.3 is 12.2 Å². The zero-order valence-corrected chi connectivity index (χ0v) is 40.9. The van der Waals surface area contributed by atoms with Gasteiger partial charge in [-0.05, 0) is 139 Å². The summed E-state index contributed by atoms with van der Waals surface area (Å²) in [5.41, 5.74) is 4.37. The van der Waals surface area contributed by atoms with Crippen LogP contribution in [0.4, 0.5) is 9.59 Å². The van der Waals surface area contributed by atoms with Gasteiger partial charge in [0.1, 0.15) is 17.7 Å². The molecule has 0 radical (unpaired) electrons. The molecule has 352 valence electrons. The van der Waals surface area contributed by atoms with Crippen LogP contribution in [0.1, 0.15) is 96.6 Å². The number of hydrogen-bond donors (Lipinski definition) is 4. The minimum Gasteiger partial charge on any atom is -0.449 e. The maximum Gasteiger partial charge on any atom is 0.408 e. The number of fused-ring (bicyclic) bond motifs is 2. The van der Waals surface area contributed by atoms with E-state index in [4.69, 9.17) is 60.6 Å². The van der Waals surface area contributed by atoms with Crippen LogP contribution in [0.25, 0.3) is 0 Å². The van der Waals surface area contributed by atoms with E-state index in [-0.39, 0.29) is 66.5 Å². The molecule has 4 aromatic carbocycles. The number of benzene rings is 4. The van der Waals surface area contributed by atoms with Crippen LogP contribution >= 0.6 is 46.4 Å². The highest BCUT2D eigenvalue weighted by atomic mass is 35.5. The van der Waals surface area contributed by atoms with Crippen molar-refractivity contribution in [2.24, 2.45) is 17.8 Å². The highest BCUT2D eigenvalue weighted by molar-refractivity contribution is 6.32. The Morgan fingerprint density at radius 3 is 1.47 bits per heavy atom. The van der Waals surface area contributed by atoms with Crippen LogP contribution in [0, 0.1) is 31.6 Å². The molecule has 11 nitrogen and oxygen atoms in total. The second-order valence-corrected chi connectivity index (χ2v) is 20.1. The molecule has 0 spiro atoms. The first-order chi connectivity index (χ1) is 31.6. The number of hydrogen-bond acceptors (Lipinski definition) is 7. The zero-order valence-electron chi connectivity index (χ0n) is 37.9. The van der Waals surface area contributed by atoms with Gasteiger partial charge < -0.3 is 35.5 Å². The molecule has 2 aliphatic carbocycles. The molecule has 15 heteroatoms. The highest BCUT2D eigenvalue weighted by Crippen LogP contribution is 2.56. The molecule has 66 heavy (non-hydrogen) atoms. The number of ether oxygens (including phenoxy) is 3. The molecule has 0 bridgehead atoms. The Morgan fingerprint density at radius 2 is 1.08 bits per heavy atom. The number of methoxy groups -OCH3 is 1. The second kappa shape index (κ2) is 21.2. The molecule has 0 aromatic heterocycles. The lowest BCUT2D eigenvalue weighted by Crippen LogP contribution is -2.61. The molecule has 2 saturated heterocycles. The molecular formula is C51H58Cl4N4O7. The van der Waals surface area contributed by atoms with E-state index in [1.165, 1.54) is 7.11 Å². The van der Waals surface area contributed by atoms with Gasteiger partial charge in [-0.15, -0.1) is 0 Å². The summed E-state index contributed by atoms with van der Waals surface area (Å²) in [6.45, 7) is 9.61. The molecule has 8 rings (SSSR count). The van der Waals surface area contributed by atoms with E-state index in [1.54, 1.807) is 0 Å². The molecule has 2 aliphatic heterocycles. The van der Waals surface area contributed by atoms with Crippen molar-refractivity contribution >= 4 is 70.4 Å². The Labute approximate surface area is 407 Å². The van der Waals surface area contributed by atoms with Crippen molar-refractivity contribution < 1.29 is 33.4 Å². The van der Waals surface area contributed by atoms with Gasteiger partial charge in [0.05, 0.1) is 13.2 Å². The van der Waals surface area contributed by atoms with Crippen LogP contribution in [0.2, 0.25) is 20.1 Å². The molecule has 2 heterocycles. The summed E-state index contributed by atoms with van der Waals surface area (Å²) in [4.78, 5) is 51.6. The summed E-state index contributed by atoms with van der Waals surface area (Å²) in [6.07, 6.45) is 1.22. The van der Waals surface area contributed by atoms with E-state index in [1.807, 2.05) is 88.4 Å². The van der Waals surface area contributed by atoms with Crippen molar-refractivity contribution in [3.05, 3.63) is 138 Å². The summed E-state index contributed by atoms with van der Waals surface area (Å²) in [6, 6.07) is 27.7. The molecule has 0 unspecified atom stereocenters. The maximum absolute atomic E-state index is 13.2. The van der Waals surface area contributed by atoms with Crippen molar-refractivity contribution in [2.45, 2.75) is 88.1 Å². The number of rotatable bonds is 11.